The summed E-state index contributed by atoms with van der Waals surface area (Å²) in [6.07, 6.45) is 5.11. The van der Waals surface area contributed by atoms with E-state index in [4.69, 9.17) is 10.5 Å². The van der Waals surface area contributed by atoms with Gasteiger partial charge < -0.3 is 10.5 Å². The zero-order chi connectivity index (χ0) is 22.9. The first-order valence-electron chi connectivity index (χ1n) is 10.6. The van der Waals surface area contributed by atoms with E-state index in [1.165, 1.54) is 17.7 Å². The molecule has 1 aliphatic heterocycles. The molecule has 0 radical (unpaired) electrons. The molecule has 2 N–H and O–H groups in total. The number of nitriles is 1. The van der Waals surface area contributed by atoms with E-state index in [1.807, 2.05) is 40.6 Å². The number of carbonyl (C=O) groups is 1. The fourth-order valence-electron chi connectivity index (χ4n) is 4.53. The second-order valence-corrected chi connectivity index (χ2v) is 8.91. The smallest absolute Gasteiger partial charge is 0.161 e. The topological polar surface area (TPSA) is 110 Å². The number of methoxy groups -OCH3 is 1. The van der Waals surface area contributed by atoms with Gasteiger partial charge in [0.15, 0.2) is 5.78 Å². The lowest BCUT2D eigenvalue weighted by Gasteiger charge is -2.39. The second-order valence-electron chi connectivity index (χ2n) is 7.96. The first-order valence-corrected chi connectivity index (χ1v) is 11.5. The lowest BCUT2D eigenvalue weighted by molar-refractivity contribution is -0.116. The minimum atomic E-state index is -0.457. The van der Waals surface area contributed by atoms with Crippen LogP contribution in [0.25, 0.3) is 0 Å². The van der Waals surface area contributed by atoms with Gasteiger partial charge in [0.2, 0.25) is 0 Å². The van der Waals surface area contributed by atoms with Crippen LogP contribution >= 0.6 is 11.3 Å². The number of benzene rings is 1. The number of ketones is 1. The van der Waals surface area contributed by atoms with Crippen LogP contribution in [0.2, 0.25) is 0 Å². The molecule has 2 aromatic heterocycles. The van der Waals surface area contributed by atoms with Crippen molar-refractivity contribution < 1.29 is 9.53 Å². The Labute approximate surface area is 195 Å². The SMILES string of the molecule is COc1ccc(N2C(N)=C(C#N)[C@@H](c3cc(Cn4cncn4)cs3)C3=C2CCCC3=O)cc1. The van der Waals surface area contributed by atoms with E-state index in [0.29, 0.717) is 29.9 Å². The monoisotopic (exact) mass is 458 g/mol. The average molecular weight is 459 g/mol. The Morgan fingerprint density at radius 1 is 1.30 bits per heavy atom. The number of allylic oxidation sites excluding steroid dienone is 3. The van der Waals surface area contributed by atoms with Gasteiger partial charge in [-0.15, -0.1) is 11.3 Å². The van der Waals surface area contributed by atoms with Gasteiger partial charge in [0.05, 0.1) is 31.2 Å². The zero-order valence-electron chi connectivity index (χ0n) is 18.1. The van der Waals surface area contributed by atoms with Gasteiger partial charge in [-0.05, 0) is 54.1 Å². The van der Waals surface area contributed by atoms with Crippen LogP contribution in [0.1, 0.15) is 35.6 Å². The number of rotatable bonds is 5. The summed E-state index contributed by atoms with van der Waals surface area (Å²) in [6.45, 7) is 0.572. The van der Waals surface area contributed by atoms with Crippen molar-refractivity contribution in [2.24, 2.45) is 5.73 Å². The fraction of sp³-hybridized carbons (Fsp3) is 0.250. The molecule has 166 valence electrons. The lowest BCUT2D eigenvalue weighted by Crippen LogP contribution is -2.38. The van der Waals surface area contributed by atoms with Crippen LogP contribution in [0.5, 0.6) is 5.75 Å². The van der Waals surface area contributed by atoms with E-state index in [9.17, 15) is 10.1 Å². The zero-order valence-corrected chi connectivity index (χ0v) is 18.9. The molecule has 3 aromatic rings. The molecule has 0 spiro atoms. The number of hydrogen-bond acceptors (Lipinski definition) is 8. The molecule has 3 heterocycles. The molecule has 0 saturated carbocycles. The van der Waals surface area contributed by atoms with Crippen LogP contribution in [-0.4, -0.2) is 27.7 Å². The van der Waals surface area contributed by atoms with E-state index in [0.717, 1.165) is 40.4 Å². The van der Waals surface area contributed by atoms with Gasteiger partial charge in [-0.2, -0.15) is 10.4 Å². The summed E-state index contributed by atoms with van der Waals surface area (Å²) in [5, 5.41) is 16.3. The van der Waals surface area contributed by atoms with Crippen molar-refractivity contribution >= 4 is 22.8 Å². The summed E-state index contributed by atoms with van der Waals surface area (Å²) in [4.78, 5) is 20.0. The molecule has 5 rings (SSSR count). The molecule has 33 heavy (non-hydrogen) atoms. The van der Waals surface area contributed by atoms with Crippen molar-refractivity contribution in [3.05, 3.63) is 81.5 Å². The molecule has 0 bridgehead atoms. The van der Waals surface area contributed by atoms with Crippen LogP contribution in [0.3, 0.4) is 0 Å². The standard InChI is InChI=1S/C24H22N6O2S/c1-32-17-7-5-16(6-8-17)30-19-3-2-4-20(31)23(19)22(18(10-25)24(30)26)21-9-15(12-33-21)11-29-14-27-13-28-29/h5-9,12-14,22H,2-4,11,26H2,1H3/t22-/m0/s1. The molecule has 1 atom stereocenters. The Kier molecular flexibility index (Phi) is 5.44. The number of carbonyl (C=O) groups excluding carboxylic acids is 1. The molecular formula is C24H22N6O2S. The number of anilines is 1. The first-order chi connectivity index (χ1) is 16.1. The molecule has 8 nitrogen and oxygen atoms in total. The van der Waals surface area contributed by atoms with Crippen LogP contribution < -0.4 is 15.4 Å². The largest absolute Gasteiger partial charge is 0.497 e. The van der Waals surface area contributed by atoms with E-state index in [2.05, 4.69) is 16.2 Å². The van der Waals surface area contributed by atoms with Gasteiger partial charge in [-0.1, -0.05) is 0 Å². The maximum Gasteiger partial charge on any atom is 0.161 e. The Hall–Kier alpha value is -3.90. The number of nitrogens with two attached hydrogens (primary N) is 1. The van der Waals surface area contributed by atoms with E-state index in [1.54, 1.807) is 18.1 Å². The highest BCUT2D eigenvalue weighted by molar-refractivity contribution is 7.10. The second kappa shape index (κ2) is 8.56. The fourth-order valence-corrected chi connectivity index (χ4v) is 5.55. The summed E-state index contributed by atoms with van der Waals surface area (Å²) in [5.74, 6) is 0.712. The number of thiophene rings is 1. The van der Waals surface area contributed by atoms with E-state index >= 15 is 0 Å². The number of ether oxygens (including phenoxy) is 1. The molecule has 1 aliphatic carbocycles. The van der Waals surface area contributed by atoms with E-state index < -0.39 is 5.92 Å². The average Bonchev–Trinajstić information content (AvgIpc) is 3.51. The highest BCUT2D eigenvalue weighted by atomic mass is 32.1. The highest BCUT2D eigenvalue weighted by Gasteiger charge is 2.40. The third-order valence-electron chi connectivity index (χ3n) is 6.01. The molecular weight excluding hydrogens is 436 g/mol. The first kappa shape index (κ1) is 21.0. The van der Waals surface area contributed by atoms with Crippen molar-refractivity contribution in [2.75, 3.05) is 12.0 Å². The van der Waals surface area contributed by atoms with Crippen molar-refractivity contribution in [1.29, 1.82) is 5.26 Å². The third kappa shape index (κ3) is 3.68. The maximum absolute atomic E-state index is 13.2. The van der Waals surface area contributed by atoms with Gasteiger partial charge in [0.1, 0.15) is 24.2 Å². The number of aromatic nitrogens is 3. The Morgan fingerprint density at radius 3 is 2.82 bits per heavy atom. The van der Waals surface area contributed by atoms with Crippen LogP contribution in [0.4, 0.5) is 5.69 Å². The predicted molar refractivity (Wildman–Crippen MR) is 124 cm³/mol. The molecule has 0 unspecified atom stereocenters. The molecule has 2 aliphatic rings. The molecule has 1 aromatic carbocycles. The molecule has 0 amide bonds. The van der Waals surface area contributed by atoms with E-state index in [-0.39, 0.29) is 5.78 Å². The van der Waals surface area contributed by atoms with Gasteiger partial charge >= 0.3 is 0 Å². The van der Waals surface area contributed by atoms with Crippen LogP contribution in [0.15, 0.2) is 71.0 Å². The summed E-state index contributed by atoms with van der Waals surface area (Å²) >= 11 is 1.54. The minimum Gasteiger partial charge on any atom is -0.497 e. The Morgan fingerprint density at radius 2 is 2.12 bits per heavy atom. The number of nitrogens with zero attached hydrogens (tertiary/aromatic N) is 5. The van der Waals surface area contributed by atoms with Gasteiger partial charge in [0, 0.05) is 28.3 Å². The quantitative estimate of drug-likeness (QED) is 0.621. The highest BCUT2D eigenvalue weighted by Crippen LogP contribution is 2.47. The van der Waals surface area contributed by atoms with Crippen molar-refractivity contribution in [2.45, 2.75) is 31.7 Å². The number of hydrogen-bond donors (Lipinski definition) is 1. The molecule has 0 fully saturated rings. The van der Waals surface area contributed by atoms with Gasteiger partial charge in [0.25, 0.3) is 0 Å². The summed E-state index contributed by atoms with van der Waals surface area (Å²) < 4.78 is 7.02. The Balaban J connectivity index is 1.61. The summed E-state index contributed by atoms with van der Waals surface area (Å²) in [6, 6.07) is 11.8. The van der Waals surface area contributed by atoms with Crippen LogP contribution in [0, 0.1) is 11.3 Å². The van der Waals surface area contributed by atoms with Gasteiger partial charge in [-0.3, -0.25) is 9.69 Å². The predicted octanol–water partition coefficient (Wildman–Crippen LogP) is 3.70. The molecule has 0 saturated heterocycles. The molecule has 9 heteroatoms. The van der Waals surface area contributed by atoms with Crippen molar-refractivity contribution in [1.82, 2.24) is 14.8 Å². The van der Waals surface area contributed by atoms with Crippen molar-refractivity contribution in [3.8, 4) is 11.8 Å². The minimum absolute atomic E-state index is 0.0752. The van der Waals surface area contributed by atoms with Crippen molar-refractivity contribution in [3.63, 3.8) is 0 Å². The summed E-state index contributed by atoms with van der Waals surface area (Å²) in [5.41, 5.74) is 10.4. The third-order valence-corrected chi connectivity index (χ3v) is 7.06. The summed E-state index contributed by atoms with van der Waals surface area (Å²) in [7, 11) is 1.61. The lowest BCUT2D eigenvalue weighted by atomic mass is 9.78. The Bertz CT molecular complexity index is 1300. The normalized spacial score (nSPS) is 18.4. The number of Topliss-reactive ketones (excluding diaryl/α,β-unsaturated/α-hetero) is 1. The maximum atomic E-state index is 13.2. The van der Waals surface area contributed by atoms with Crippen LogP contribution in [-0.2, 0) is 11.3 Å². The van der Waals surface area contributed by atoms with Gasteiger partial charge in [-0.25, -0.2) is 9.67 Å².